The zero-order chi connectivity index (χ0) is 15.0. The van der Waals surface area contributed by atoms with Gasteiger partial charge < -0.3 is 5.73 Å². The van der Waals surface area contributed by atoms with E-state index in [-0.39, 0.29) is 5.91 Å². The molecule has 3 rings (SSSR count). The number of aryl methyl sites for hydroxylation is 1. The van der Waals surface area contributed by atoms with Crippen LogP contribution in [0.1, 0.15) is 15.9 Å². The highest BCUT2D eigenvalue weighted by Gasteiger charge is 2.12. The summed E-state index contributed by atoms with van der Waals surface area (Å²) in [5.41, 5.74) is 8.81. The lowest BCUT2D eigenvalue weighted by molar-refractivity contribution is 0.102. The van der Waals surface area contributed by atoms with Crippen molar-refractivity contribution in [1.29, 1.82) is 0 Å². The molecular formula is C15H12BrN3OS. The highest BCUT2D eigenvalue weighted by Crippen LogP contribution is 2.28. The van der Waals surface area contributed by atoms with Gasteiger partial charge in [-0.15, -0.1) is 0 Å². The van der Waals surface area contributed by atoms with Crippen molar-refractivity contribution >= 4 is 54.2 Å². The third-order valence-corrected chi connectivity index (χ3v) is 4.50. The SMILES string of the molecule is Cc1ccc(Br)cc1C(=O)Nc1nc2ccc(N)cc2s1. The second kappa shape index (κ2) is 5.46. The Hall–Kier alpha value is -1.92. The van der Waals surface area contributed by atoms with Gasteiger partial charge in [-0.25, -0.2) is 4.98 Å². The average molecular weight is 362 g/mol. The zero-order valence-corrected chi connectivity index (χ0v) is 13.6. The van der Waals surface area contributed by atoms with E-state index < -0.39 is 0 Å². The van der Waals surface area contributed by atoms with Crippen molar-refractivity contribution < 1.29 is 4.79 Å². The Morgan fingerprint density at radius 2 is 2.10 bits per heavy atom. The highest BCUT2D eigenvalue weighted by molar-refractivity contribution is 9.10. The van der Waals surface area contributed by atoms with E-state index in [4.69, 9.17) is 5.73 Å². The lowest BCUT2D eigenvalue weighted by atomic mass is 10.1. The Morgan fingerprint density at radius 3 is 2.90 bits per heavy atom. The number of carbonyl (C=O) groups is 1. The molecular weight excluding hydrogens is 350 g/mol. The van der Waals surface area contributed by atoms with Crippen LogP contribution in [0.5, 0.6) is 0 Å². The molecule has 6 heteroatoms. The average Bonchev–Trinajstić information content (AvgIpc) is 2.82. The van der Waals surface area contributed by atoms with Crippen molar-refractivity contribution in [1.82, 2.24) is 4.98 Å². The number of aromatic nitrogens is 1. The Balaban J connectivity index is 1.90. The molecule has 0 spiro atoms. The molecule has 1 heterocycles. The summed E-state index contributed by atoms with van der Waals surface area (Å²) in [7, 11) is 0. The van der Waals surface area contributed by atoms with Gasteiger partial charge in [0.05, 0.1) is 10.2 Å². The number of thiazole rings is 1. The number of nitrogen functional groups attached to an aromatic ring is 1. The molecule has 2 aromatic carbocycles. The number of nitrogens with one attached hydrogen (secondary N) is 1. The van der Waals surface area contributed by atoms with Crippen molar-refractivity contribution in [3.63, 3.8) is 0 Å². The maximum atomic E-state index is 12.3. The predicted octanol–water partition coefficient (Wildman–Crippen LogP) is 4.20. The van der Waals surface area contributed by atoms with Crippen LogP contribution in [0, 0.1) is 6.92 Å². The molecule has 0 aliphatic carbocycles. The number of nitrogens with two attached hydrogens (primary N) is 1. The molecule has 0 aliphatic heterocycles. The minimum Gasteiger partial charge on any atom is -0.399 e. The summed E-state index contributed by atoms with van der Waals surface area (Å²) < 4.78 is 1.83. The number of benzene rings is 2. The van der Waals surface area contributed by atoms with Crippen LogP contribution in [0.4, 0.5) is 10.8 Å². The number of hydrogen-bond donors (Lipinski definition) is 2. The predicted molar refractivity (Wildman–Crippen MR) is 90.9 cm³/mol. The summed E-state index contributed by atoms with van der Waals surface area (Å²) in [6, 6.07) is 11.1. The molecule has 0 saturated heterocycles. The largest absolute Gasteiger partial charge is 0.399 e. The van der Waals surface area contributed by atoms with Gasteiger partial charge in [-0.3, -0.25) is 10.1 Å². The third kappa shape index (κ3) is 2.91. The van der Waals surface area contributed by atoms with E-state index in [9.17, 15) is 4.79 Å². The van der Waals surface area contributed by atoms with Crippen molar-refractivity contribution in [2.45, 2.75) is 6.92 Å². The van der Waals surface area contributed by atoms with Crippen LogP contribution in [-0.4, -0.2) is 10.9 Å². The van der Waals surface area contributed by atoms with Crippen LogP contribution in [0.25, 0.3) is 10.2 Å². The molecule has 1 aromatic heterocycles. The Bertz CT molecular complexity index is 844. The topological polar surface area (TPSA) is 68.0 Å². The molecule has 0 saturated carbocycles. The highest BCUT2D eigenvalue weighted by atomic mass is 79.9. The van der Waals surface area contributed by atoms with E-state index in [0.29, 0.717) is 16.4 Å². The zero-order valence-electron chi connectivity index (χ0n) is 11.2. The van der Waals surface area contributed by atoms with E-state index in [2.05, 4.69) is 26.2 Å². The monoisotopic (exact) mass is 361 g/mol. The van der Waals surface area contributed by atoms with Crippen LogP contribution in [0.2, 0.25) is 0 Å². The van der Waals surface area contributed by atoms with Crippen molar-refractivity contribution in [3.8, 4) is 0 Å². The molecule has 21 heavy (non-hydrogen) atoms. The van der Waals surface area contributed by atoms with E-state index in [1.807, 2.05) is 31.2 Å². The Kier molecular flexibility index (Phi) is 3.65. The molecule has 0 unspecified atom stereocenters. The molecule has 3 N–H and O–H groups in total. The number of amides is 1. The van der Waals surface area contributed by atoms with Gasteiger partial charge in [0.1, 0.15) is 0 Å². The molecule has 0 fully saturated rings. The van der Waals surface area contributed by atoms with Crippen LogP contribution in [0.3, 0.4) is 0 Å². The van der Waals surface area contributed by atoms with Crippen LogP contribution < -0.4 is 11.1 Å². The number of hydrogen-bond acceptors (Lipinski definition) is 4. The maximum Gasteiger partial charge on any atom is 0.257 e. The molecule has 0 atom stereocenters. The van der Waals surface area contributed by atoms with Gasteiger partial charge in [0.25, 0.3) is 5.91 Å². The maximum absolute atomic E-state index is 12.3. The fraction of sp³-hybridized carbons (Fsp3) is 0.0667. The molecule has 106 valence electrons. The Labute approximate surface area is 134 Å². The smallest absolute Gasteiger partial charge is 0.257 e. The number of carbonyl (C=O) groups excluding carboxylic acids is 1. The molecule has 4 nitrogen and oxygen atoms in total. The van der Waals surface area contributed by atoms with Crippen molar-refractivity contribution in [2.24, 2.45) is 0 Å². The summed E-state index contributed by atoms with van der Waals surface area (Å²) in [6.45, 7) is 1.90. The molecule has 1 amide bonds. The summed E-state index contributed by atoms with van der Waals surface area (Å²) in [4.78, 5) is 16.7. The number of anilines is 2. The van der Waals surface area contributed by atoms with Crippen molar-refractivity contribution in [2.75, 3.05) is 11.1 Å². The first kappa shape index (κ1) is 14.0. The lowest BCUT2D eigenvalue weighted by Gasteiger charge is -2.05. The van der Waals surface area contributed by atoms with Gasteiger partial charge in [0, 0.05) is 15.7 Å². The number of rotatable bonds is 2. The lowest BCUT2D eigenvalue weighted by Crippen LogP contribution is -2.13. The van der Waals surface area contributed by atoms with E-state index in [0.717, 1.165) is 20.3 Å². The fourth-order valence-electron chi connectivity index (χ4n) is 2.00. The van der Waals surface area contributed by atoms with Crippen LogP contribution >= 0.6 is 27.3 Å². The summed E-state index contributed by atoms with van der Waals surface area (Å²) in [5, 5.41) is 3.41. The third-order valence-electron chi connectivity index (χ3n) is 3.08. The van der Waals surface area contributed by atoms with Crippen LogP contribution in [-0.2, 0) is 0 Å². The normalized spacial score (nSPS) is 10.8. The second-order valence-electron chi connectivity index (χ2n) is 4.66. The first-order chi connectivity index (χ1) is 10.0. The van der Waals surface area contributed by atoms with Crippen LogP contribution in [0.15, 0.2) is 40.9 Å². The summed E-state index contributed by atoms with van der Waals surface area (Å²) >= 11 is 4.79. The minimum absolute atomic E-state index is 0.166. The molecule has 0 bridgehead atoms. The van der Waals surface area contributed by atoms with E-state index in [1.54, 1.807) is 12.1 Å². The first-order valence-electron chi connectivity index (χ1n) is 6.26. The van der Waals surface area contributed by atoms with Gasteiger partial charge in [-0.2, -0.15) is 0 Å². The number of nitrogens with zero attached hydrogens (tertiary/aromatic N) is 1. The fourth-order valence-corrected chi connectivity index (χ4v) is 3.27. The summed E-state index contributed by atoms with van der Waals surface area (Å²) in [6.07, 6.45) is 0. The second-order valence-corrected chi connectivity index (χ2v) is 6.61. The van der Waals surface area contributed by atoms with E-state index >= 15 is 0 Å². The standard InChI is InChI=1S/C15H12BrN3OS/c1-8-2-3-9(16)6-11(8)14(20)19-15-18-12-5-4-10(17)7-13(12)21-15/h2-7H,17H2,1H3,(H,18,19,20). The van der Waals surface area contributed by atoms with E-state index in [1.165, 1.54) is 11.3 Å². The quantitative estimate of drug-likeness (QED) is 0.672. The molecule has 0 aliphatic rings. The molecule has 3 aromatic rings. The van der Waals surface area contributed by atoms with Gasteiger partial charge in [0.15, 0.2) is 5.13 Å². The number of fused-ring (bicyclic) bond motifs is 1. The summed E-state index contributed by atoms with van der Waals surface area (Å²) in [5.74, 6) is -0.166. The minimum atomic E-state index is -0.166. The van der Waals surface area contributed by atoms with Gasteiger partial charge in [-0.05, 0) is 42.8 Å². The first-order valence-corrected chi connectivity index (χ1v) is 7.87. The van der Waals surface area contributed by atoms with Crippen molar-refractivity contribution in [3.05, 3.63) is 52.0 Å². The van der Waals surface area contributed by atoms with Gasteiger partial charge in [-0.1, -0.05) is 33.3 Å². The molecule has 0 radical (unpaired) electrons. The number of halogens is 1. The van der Waals surface area contributed by atoms with Gasteiger partial charge in [0.2, 0.25) is 0 Å². The Morgan fingerprint density at radius 1 is 1.29 bits per heavy atom. The van der Waals surface area contributed by atoms with Gasteiger partial charge >= 0.3 is 0 Å².